The van der Waals surface area contributed by atoms with Gasteiger partial charge in [-0.15, -0.1) is 0 Å². The van der Waals surface area contributed by atoms with Crippen molar-refractivity contribution in [2.24, 2.45) is 0 Å². The van der Waals surface area contributed by atoms with Gasteiger partial charge in [0.05, 0.1) is 4.47 Å². The van der Waals surface area contributed by atoms with Gasteiger partial charge in [0.15, 0.2) is 6.10 Å². The van der Waals surface area contributed by atoms with E-state index in [1.807, 2.05) is 6.92 Å². The minimum absolute atomic E-state index is 0.318. The van der Waals surface area contributed by atoms with Crippen molar-refractivity contribution in [2.45, 2.75) is 20.0 Å². The van der Waals surface area contributed by atoms with Gasteiger partial charge in [0.2, 0.25) is 0 Å². The summed E-state index contributed by atoms with van der Waals surface area (Å²) >= 11 is 9.22. The van der Waals surface area contributed by atoms with Crippen LogP contribution < -0.4 is 10.1 Å². The number of carbonyl (C=O) groups excluding carboxylic acids is 1. The number of amides is 1. The van der Waals surface area contributed by atoms with Gasteiger partial charge >= 0.3 is 0 Å². The van der Waals surface area contributed by atoms with Crippen LogP contribution in [0.5, 0.6) is 5.75 Å². The molecule has 1 atom stereocenters. The molecular formula is C16H14BrClFNO2. The van der Waals surface area contributed by atoms with E-state index in [2.05, 4.69) is 21.2 Å². The molecule has 6 heteroatoms. The number of rotatable bonds is 4. The van der Waals surface area contributed by atoms with E-state index in [-0.39, 0.29) is 11.7 Å². The van der Waals surface area contributed by atoms with Gasteiger partial charge in [-0.2, -0.15) is 0 Å². The predicted molar refractivity (Wildman–Crippen MR) is 89.0 cm³/mol. The van der Waals surface area contributed by atoms with Crippen molar-refractivity contribution in [3.05, 3.63) is 57.3 Å². The maximum atomic E-state index is 13.0. The first-order valence-electron chi connectivity index (χ1n) is 6.56. The van der Waals surface area contributed by atoms with E-state index in [1.165, 1.54) is 18.2 Å². The highest BCUT2D eigenvalue weighted by atomic mass is 79.9. The molecule has 2 aromatic carbocycles. The molecule has 0 aliphatic heterocycles. The van der Waals surface area contributed by atoms with Gasteiger partial charge in [-0.3, -0.25) is 4.79 Å². The maximum Gasteiger partial charge on any atom is 0.265 e. The lowest BCUT2D eigenvalue weighted by atomic mass is 10.2. The Bertz CT molecular complexity index is 709. The first kappa shape index (κ1) is 16.8. The number of hydrogen-bond donors (Lipinski definition) is 1. The van der Waals surface area contributed by atoms with Gasteiger partial charge in [0.25, 0.3) is 5.91 Å². The van der Waals surface area contributed by atoms with E-state index in [1.54, 1.807) is 25.1 Å². The van der Waals surface area contributed by atoms with Crippen LogP contribution >= 0.6 is 27.5 Å². The fourth-order valence-corrected chi connectivity index (χ4v) is 2.41. The van der Waals surface area contributed by atoms with Crippen molar-refractivity contribution >= 4 is 39.1 Å². The van der Waals surface area contributed by atoms with Crippen molar-refractivity contribution in [3.63, 3.8) is 0 Å². The van der Waals surface area contributed by atoms with Gasteiger partial charge in [0.1, 0.15) is 11.6 Å². The van der Waals surface area contributed by atoms with E-state index in [0.29, 0.717) is 20.9 Å². The fraction of sp³-hybridized carbons (Fsp3) is 0.188. The highest BCUT2D eigenvalue weighted by Crippen LogP contribution is 2.27. The lowest BCUT2D eigenvalue weighted by Gasteiger charge is -2.17. The molecule has 0 aromatic heterocycles. The topological polar surface area (TPSA) is 38.3 Å². The van der Waals surface area contributed by atoms with Crippen LogP contribution in [0, 0.1) is 12.7 Å². The zero-order chi connectivity index (χ0) is 16.3. The van der Waals surface area contributed by atoms with Crippen LogP contribution in [0.4, 0.5) is 10.1 Å². The zero-order valence-corrected chi connectivity index (χ0v) is 14.3. The normalized spacial score (nSPS) is 11.9. The van der Waals surface area contributed by atoms with Crippen LogP contribution in [0.1, 0.15) is 12.5 Å². The third-order valence-corrected chi connectivity index (χ3v) is 4.12. The lowest BCUT2D eigenvalue weighted by molar-refractivity contribution is -0.122. The second-order valence-corrected chi connectivity index (χ2v) is 6.00. The first-order valence-corrected chi connectivity index (χ1v) is 7.73. The number of halogens is 3. The molecule has 2 aromatic rings. The molecule has 0 saturated heterocycles. The van der Waals surface area contributed by atoms with Crippen LogP contribution in [0.3, 0.4) is 0 Å². The first-order chi connectivity index (χ1) is 10.4. The van der Waals surface area contributed by atoms with Gasteiger partial charge in [-0.25, -0.2) is 4.39 Å². The number of hydrogen-bond acceptors (Lipinski definition) is 2. The summed E-state index contributed by atoms with van der Waals surface area (Å²) < 4.78 is 19.0. The summed E-state index contributed by atoms with van der Waals surface area (Å²) in [6, 6.07) is 9.29. The van der Waals surface area contributed by atoms with E-state index >= 15 is 0 Å². The van der Waals surface area contributed by atoms with Gasteiger partial charge in [0, 0.05) is 10.7 Å². The summed E-state index contributed by atoms with van der Waals surface area (Å²) in [7, 11) is 0. The Balaban J connectivity index is 2.07. The summed E-state index contributed by atoms with van der Waals surface area (Å²) in [6.45, 7) is 3.44. The molecule has 0 bridgehead atoms. The molecule has 0 aliphatic carbocycles. The standard InChI is InChI=1S/C16H14BrClFNO2/c1-9-13(18)4-3-5-14(9)20-16(21)10(2)22-15-7-6-11(19)8-12(15)17/h3-8,10H,1-2H3,(H,20,21)/t10-/m0/s1. The molecule has 1 amide bonds. The number of nitrogens with one attached hydrogen (secondary N) is 1. The molecule has 0 radical (unpaired) electrons. The fourth-order valence-electron chi connectivity index (χ4n) is 1.79. The maximum absolute atomic E-state index is 13.0. The molecule has 3 nitrogen and oxygen atoms in total. The summed E-state index contributed by atoms with van der Waals surface area (Å²) in [6.07, 6.45) is -0.750. The van der Waals surface area contributed by atoms with Crippen molar-refractivity contribution in [2.75, 3.05) is 5.32 Å². The van der Waals surface area contributed by atoms with E-state index < -0.39 is 6.10 Å². The molecule has 0 fully saturated rings. The van der Waals surface area contributed by atoms with E-state index in [4.69, 9.17) is 16.3 Å². The number of anilines is 1. The second-order valence-electron chi connectivity index (χ2n) is 4.74. The van der Waals surface area contributed by atoms with E-state index in [9.17, 15) is 9.18 Å². The molecule has 1 N–H and O–H groups in total. The smallest absolute Gasteiger partial charge is 0.265 e. The molecule has 0 heterocycles. The molecule has 0 aliphatic rings. The highest BCUT2D eigenvalue weighted by Gasteiger charge is 2.17. The minimum atomic E-state index is -0.750. The Morgan fingerprint density at radius 2 is 2.09 bits per heavy atom. The third-order valence-electron chi connectivity index (χ3n) is 3.09. The number of carbonyl (C=O) groups is 1. The average molecular weight is 387 g/mol. The van der Waals surface area contributed by atoms with Gasteiger partial charge in [-0.1, -0.05) is 17.7 Å². The quantitative estimate of drug-likeness (QED) is 0.807. The highest BCUT2D eigenvalue weighted by molar-refractivity contribution is 9.10. The molecular weight excluding hydrogens is 373 g/mol. The largest absolute Gasteiger partial charge is 0.480 e. The molecule has 22 heavy (non-hydrogen) atoms. The summed E-state index contributed by atoms with van der Waals surface area (Å²) in [4.78, 5) is 12.2. The molecule has 0 unspecified atom stereocenters. The van der Waals surface area contributed by atoms with Crippen LogP contribution in [0.15, 0.2) is 40.9 Å². The van der Waals surface area contributed by atoms with Crippen LogP contribution in [0.25, 0.3) is 0 Å². The Labute approximate surface area is 141 Å². The SMILES string of the molecule is Cc1c(Cl)cccc1NC(=O)[C@H](C)Oc1ccc(F)cc1Br. The average Bonchev–Trinajstić information content (AvgIpc) is 2.46. The third kappa shape index (κ3) is 3.99. The second kappa shape index (κ2) is 7.11. The predicted octanol–water partition coefficient (Wildman–Crippen LogP) is 4.96. The Morgan fingerprint density at radius 1 is 1.36 bits per heavy atom. The molecule has 116 valence electrons. The molecule has 0 saturated carbocycles. The molecule has 0 spiro atoms. The Morgan fingerprint density at radius 3 is 2.77 bits per heavy atom. The van der Waals surface area contributed by atoms with Crippen LogP contribution in [-0.2, 0) is 4.79 Å². The minimum Gasteiger partial charge on any atom is -0.480 e. The number of ether oxygens (including phenoxy) is 1. The van der Waals surface area contributed by atoms with Gasteiger partial charge < -0.3 is 10.1 Å². The van der Waals surface area contributed by atoms with Crippen molar-refractivity contribution in [1.82, 2.24) is 0 Å². The number of benzene rings is 2. The lowest BCUT2D eigenvalue weighted by Crippen LogP contribution is -2.30. The van der Waals surface area contributed by atoms with Crippen LogP contribution in [-0.4, -0.2) is 12.0 Å². The van der Waals surface area contributed by atoms with Crippen molar-refractivity contribution in [3.8, 4) is 5.75 Å². The Kier molecular flexibility index (Phi) is 5.42. The molecule has 2 rings (SSSR count). The van der Waals surface area contributed by atoms with Crippen molar-refractivity contribution < 1.29 is 13.9 Å². The summed E-state index contributed by atoms with van der Waals surface area (Å²) in [5.41, 5.74) is 1.42. The zero-order valence-electron chi connectivity index (χ0n) is 12.0. The summed E-state index contributed by atoms with van der Waals surface area (Å²) in [5.74, 6) is -0.306. The van der Waals surface area contributed by atoms with Gasteiger partial charge in [-0.05, 0) is 65.7 Å². The summed E-state index contributed by atoms with van der Waals surface area (Å²) in [5, 5.41) is 3.34. The monoisotopic (exact) mass is 385 g/mol. The van der Waals surface area contributed by atoms with Crippen molar-refractivity contribution in [1.29, 1.82) is 0 Å². The Hall–Kier alpha value is -1.59. The van der Waals surface area contributed by atoms with E-state index in [0.717, 1.165) is 5.56 Å². The van der Waals surface area contributed by atoms with Crippen LogP contribution in [0.2, 0.25) is 5.02 Å².